The summed E-state index contributed by atoms with van der Waals surface area (Å²) < 4.78 is 36.5. The third kappa shape index (κ3) is 5.86. The maximum Gasteiger partial charge on any atom is 0.389 e. The Balaban J connectivity index is 1.83. The van der Waals surface area contributed by atoms with E-state index < -0.39 is 12.6 Å². The average molecular weight is 329 g/mol. The third-order valence-corrected chi connectivity index (χ3v) is 4.35. The molecular formula is C17H22F3NO2. The zero-order valence-electron chi connectivity index (χ0n) is 12.9. The lowest BCUT2D eigenvalue weighted by molar-refractivity contribution is -0.134. The molecule has 1 aliphatic carbocycles. The summed E-state index contributed by atoms with van der Waals surface area (Å²) in [5, 5.41) is 12.1. The summed E-state index contributed by atoms with van der Waals surface area (Å²) in [5.41, 5.74) is 1.03. The summed E-state index contributed by atoms with van der Waals surface area (Å²) in [6, 6.07) is 6.39. The monoisotopic (exact) mass is 329 g/mol. The van der Waals surface area contributed by atoms with Gasteiger partial charge in [0.25, 0.3) is 5.91 Å². The molecule has 0 radical (unpaired) electrons. The van der Waals surface area contributed by atoms with E-state index in [-0.39, 0.29) is 25.0 Å². The first kappa shape index (κ1) is 17.8. The molecule has 2 rings (SSSR count). The predicted molar refractivity (Wildman–Crippen MR) is 81.1 cm³/mol. The maximum absolute atomic E-state index is 12.2. The minimum absolute atomic E-state index is 0.0728. The highest BCUT2D eigenvalue weighted by Crippen LogP contribution is 2.24. The maximum atomic E-state index is 12.2. The van der Waals surface area contributed by atoms with Crippen LogP contribution in [0.5, 0.6) is 0 Å². The van der Waals surface area contributed by atoms with Crippen LogP contribution in [0.25, 0.3) is 0 Å². The van der Waals surface area contributed by atoms with Gasteiger partial charge in [-0.2, -0.15) is 13.2 Å². The van der Waals surface area contributed by atoms with E-state index in [2.05, 4.69) is 5.32 Å². The molecule has 2 N–H and O–H groups in total. The Bertz CT molecular complexity index is 506. The second-order valence-corrected chi connectivity index (χ2v) is 6.19. The lowest BCUT2D eigenvalue weighted by atomic mass is 9.86. The highest BCUT2D eigenvalue weighted by molar-refractivity contribution is 5.94. The van der Waals surface area contributed by atoms with Crippen LogP contribution in [0.2, 0.25) is 0 Å². The molecule has 6 heteroatoms. The summed E-state index contributed by atoms with van der Waals surface area (Å²) in [5.74, 6) is 0.135. The van der Waals surface area contributed by atoms with Crippen LogP contribution in [-0.4, -0.2) is 29.8 Å². The molecule has 1 amide bonds. The topological polar surface area (TPSA) is 49.3 Å². The smallest absolute Gasteiger partial charge is 0.389 e. The fraction of sp³-hybridized carbons (Fsp3) is 0.588. The lowest BCUT2D eigenvalue weighted by Crippen LogP contribution is -2.38. The number of hydrogen-bond donors (Lipinski definition) is 2. The minimum Gasteiger partial charge on any atom is -0.396 e. The molecule has 0 unspecified atom stereocenters. The molecule has 1 aromatic rings. The fourth-order valence-corrected chi connectivity index (χ4v) is 2.87. The summed E-state index contributed by atoms with van der Waals surface area (Å²) in [4.78, 5) is 12.2. The number of rotatable bonds is 5. The molecule has 0 heterocycles. The Morgan fingerprint density at radius 3 is 2.26 bits per heavy atom. The summed E-state index contributed by atoms with van der Waals surface area (Å²) in [6.45, 7) is 0.194. The van der Waals surface area contributed by atoms with Crippen LogP contribution >= 0.6 is 0 Å². The normalized spacial score (nSPS) is 21.9. The second kappa shape index (κ2) is 7.81. The van der Waals surface area contributed by atoms with Gasteiger partial charge in [0, 0.05) is 24.6 Å². The van der Waals surface area contributed by atoms with Crippen molar-refractivity contribution in [2.75, 3.05) is 6.61 Å². The van der Waals surface area contributed by atoms with Gasteiger partial charge in [-0.15, -0.1) is 0 Å². The highest BCUT2D eigenvalue weighted by Gasteiger charge is 2.26. The van der Waals surface area contributed by atoms with Crippen LogP contribution in [0.3, 0.4) is 0 Å². The first-order valence-electron chi connectivity index (χ1n) is 7.95. The molecule has 0 aliphatic heterocycles. The van der Waals surface area contributed by atoms with Crippen LogP contribution in [0, 0.1) is 5.92 Å². The van der Waals surface area contributed by atoms with Gasteiger partial charge in [0.15, 0.2) is 0 Å². The summed E-state index contributed by atoms with van der Waals surface area (Å²) in [6.07, 6.45) is -1.59. The van der Waals surface area contributed by atoms with Crippen molar-refractivity contribution in [2.24, 2.45) is 5.92 Å². The van der Waals surface area contributed by atoms with Gasteiger partial charge in [-0.05, 0) is 55.7 Å². The highest BCUT2D eigenvalue weighted by atomic mass is 19.4. The molecule has 23 heavy (non-hydrogen) atoms. The SMILES string of the molecule is O=C(NC1CCC(CO)CC1)c1ccc(CCC(F)(F)F)cc1. The van der Waals surface area contributed by atoms with E-state index in [1.807, 2.05) is 0 Å². The molecule has 1 fully saturated rings. The molecule has 0 saturated heterocycles. The van der Waals surface area contributed by atoms with Gasteiger partial charge in [-0.1, -0.05) is 12.1 Å². The Labute approximate surface area is 133 Å². The largest absolute Gasteiger partial charge is 0.396 e. The zero-order valence-corrected chi connectivity index (χ0v) is 12.9. The molecule has 0 atom stereocenters. The number of benzene rings is 1. The molecular weight excluding hydrogens is 307 g/mol. The molecule has 0 spiro atoms. The van der Waals surface area contributed by atoms with Crippen LogP contribution in [0.4, 0.5) is 13.2 Å². The van der Waals surface area contributed by atoms with Crippen LogP contribution in [0.15, 0.2) is 24.3 Å². The number of nitrogens with one attached hydrogen (secondary N) is 1. The number of carbonyl (C=O) groups is 1. The summed E-state index contributed by atoms with van der Waals surface area (Å²) in [7, 11) is 0. The van der Waals surface area contributed by atoms with Crippen molar-refractivity contribution in [1.82, 2.24) is 5.32 Å². The van der Waals surface area contributed by atoms with E-state index in [1.54, 1.807) is 24.3 Å². The standard InChI is InChI=1S/C17H22F3NO2/c18-17(19,20)10-9-12-1-5-14(6-2-12)16(23)21-15-7-3-13(11-22)4-8-15/h1-2,5-6,13,15,22H,3-4,7-11H2,(H,21,23). The van der Waals surface area contributed by atoms with Crippen molar-refractivity contribution < 1.29 is 23.1 Å². The van der Waals surface area contributed by atoms with E-state index in [1.165, 1.54) is 0 Å². The summed E-state index contributed by atoms with van der Waals surface area (Å²) >= 11 is 0. The van der Waals surface area contributed by atoms with Crippen molar-refractivity contribution in [2.45, 2.75) is 50.7 Å². The number of halogens is 3. The molecule has 0 aromatic heterocycles. The van der Waals surface area contributed by atoms with Gasteiger partial charge < -0.3 is 10.4 Å². The Morgan fingerprint density at radius 1 is 1.13 bits per heavy atom. The lowest BCUT2D eigenvalue weighted by Gasteiger charge is -2.28. The third-order valence-electron chi connectivity index (χ3n) is 4.35. The van der Waals surface area contributed by atoms with Gasteiger partial charge in [-0.25, -0.2) is 0 Å². The number of alkyl halides is 3. The van der Waals surface area contributed by atoms with Crippen molar-refractivity contribution in [1.29, 1.82) is 0 Å². The van der Waals surface area contributed by atoms with Crippen molar-refractivity contribution >= 4 is 5.91 Å². The molecule has 0 bridgehead atoms. The average Bonchev–Trinajstić information content (AvgIpc) is 2.53. The Hall–Kier alpha value is -1.56. The second-order valence-electron chi connectivity index (χ2n) is 6.19. The predicted octanol–water partition coefficient (Wildman–Crippen LogP) is 3.46. The number of amides is 1. The quantitative estimate of drug-likeness (QED) is 0.869. The van der Waals surface area contributed by atoms with Crippen LogP contribution in [0.1, 0.15) is 48.0 Å². The van der Waals surface area contributed by atoms with Crippen molar-refractivity contribution in [3.8, 4) is 0 Å². The number of carbonyl (C=O) groups excluding carboxylic acids is 1. The van der Waals surface area contributed by atoms with Gasteiger partial charge >= 0.3 is 6.18 Å². The van der Waals surface area contributed by atoms with Crippen LogP contribution in [-0.2, 0) is 6.42 Å². The molecule has 1 aliphatic rings. The fourth-order valence-electron chi connectivity index (χ4n) is 2.87. The number of hydrogen-bond acceptors (Lipinski definition) is 2. The van der Waals surface area contributed by atoms with E-state index in [0.29, 0.717) is 17.0 Å². The number of aliphatic hydroxyl groups excluding tert-OH is 1. The van der Waals surface area contributed by atoms with Gasteiger partial charge in [0.1, 0.15) is 0 Å². The van der Waals surface area contributed by atoms with E-state index in [9.17, 15) is 18.0 Å². The molecule has 1 saturated carbocycles. The Kier molecular flexibility index (Phi) is 6.04. The molecule has 3 nitrogen and oxygen atoms in total. The van der Waals surface area contributed by atoms with Gasteiger partial charge in [0.2, 0.25) is 0 Å². The first-order chi connectivity index (χ1) is 10.9. The first-order valence-corrected chi connectivity index (χ1v) is 7.95. The van der Waals surface area contributed by atoms with Crippen LogP contribution < -0.4 is 5.32 Å². The minimum atomic E-state index is -4.16. The van der Waals surface area contributed by atoms with Gasteiger partial charge in [0.05, 0.1) is 0 Å². The number of aryl methyl sites for hydroxylation is 1. The van der Waals surface area contributed by atoms with Gasteiger partial charge in [-0.3, -0.25) is 4.79 Å². The zero-order chi connectivity index (χ0) is 16.9. The van der Waals surface area contributed by atoms with Crippen molar-refractivity contribution in [3.05, 3.63) is 35.4 Å². The Morgan fingerprint density at radius 2 is 1.74 bits per heavy atom. The molecule has 128 valence electrons. The van der Waals surface area contributed by atoms with E-state index in [0.717, 1.165) is 25.7 Å². The molecule has 1 aromatic carbocycles. The van der Waals surface area contributed by atoms with E-state index in [4.69, 9.17) is 5.11 Å². The number of aliphatic hydroxyl groups is 1. The van der Waals surface area contributed by atoms with Crippen molar-refractivity contribution in [3.63, 3.8) is 0 Å². The van der Waals surface area contributed by atoms with E-state index >= 15 is 0 Å².